The number of hydrazone groups is 1. The van der Waals surface area contributed by atoms with Crippen LogP contribution in [0.3, 0.4) is 0 Å². The van der Waals surface area contributed by atoms with E-state index in [9.17, 15) is 9.59 Å². The molecule has 33 heavy (non-hydrogen) atoms. The van der Waals surface area contributed by atoms with Crippen molar-refractivity contribution in [2.75, 3.05) is 45.9 Å². The molecule has 2 aliphatic heterocycles. The predicted molar refractivity (Wildman–Crippen MR) is 131 cm³/mol. The fourth-order valence-electron chi connectivity index (χ4n) is 4.16. The van der Waals surface area contributed by atoms with Crippen LogP contribution in [0.4, 0.5) is 0 Å². The highest BCUT2D eigenvalue weighted by atomic mass is 35.5. The Labute approximate surface area is 203 Å². The van der Waals surface area contributed by atoms with Gasteiger partial charge in [-0.05, 0) is 23.1 Å². The predicted octanol–water partition coefficient (Wildman–Crippen LogP) is 3.65. The minimum Gasteiger partial charge on any atom is -0.379 e. The van der Waals surface area contributed by atoms with Gasteiger partial charge in [-0.2, -0.15) is 5.10 Å². The number of carbonyl (C=O) groups excluding carboxylic acids is 2. The molecule has 7 nitrogen and oxygen atoms in total. The zero-order chi connectivity index (χ0) is 23.2. The molecule has 2 amide bonds. The molecule has 0 unspecified atom stereocenters. The van der Waals surface area contributed by atoms with Crippen LogP contribution in [-0.4, -0.2) is 78.3 Å². The zero-order valence-electron chi connectivity index (χ0n) is 18.8. The van der Waals surface area contributed by atoms with Crippen molar-refractivity contribution >= 4 is 40.5 Å². The molecule has 2 aliphatic rings. The van der Waals surface area contributed by atoms with Gasteiger partial charge in [0.25, 0.3) is 5.91 Å². The van der Waals surface area contributed by atoms with Crippen LogP contribution in [0.1, 0.15) is 36.2 Å². The summed E-state index contributed by atoms with van der Waals surface area (Å²) in [5.41, 5.74) is 1.73. The van der Waals surface area contributed by atoms with Crippen molar-refractivity contribution in [2.24, 2.45) is 5.10 Å². The maximum atomic E-state index is 13.5. The van der Waals surface area contributed by atoms with Crippen LogP contribution in [0.5, 0.6) is 0 Å². The molecule has 1 aromatic heterocycles. The van der Waals surface area contributed by atoms with Crippen molar-refractivity contribution in [1.82, 2.24) is 14.8 Å². The monoisotopic (exact) mass is 488 g/mol. The van der Waals surface area contributed by atoms with Crippen molar-refractivity contribution in [1.29, 1.82) is 0 Å². The van der Waals surface area contributed by atoms with Gasteiger partial charge in [0.1, 0.15) is 6.54 Å². The number of rotatable bonds is 8. The lowest BCUT2D eigenvalue weighted by Crippen LogP contribution is -2.46. The Morgan fingerprint density at radius 2 is 2.00 bits per heavy atom. The first-order chi connectivity index (χ1) is 16.1. The van der Waals surface area contributed by atoms with Crippen LogP contribution < -0.4 is 0 Å². The molecule has 0 saturated carbocycles. The average Bonchev–Trinajstić information content (AvgIpc) is 3.52. The maximum Gasteiger partial charge on any atom is 0.262 e. The Morgan fingerprint density at radius 3 is 2.70 bits per heavy atom. The van der Waals surface area contributed by atoms with E-state index in [1.165, 1.54) is 5.01 Å². The summed E-state index contributed by atoms with van der Waals surface area (Å²) in [6, 6.07) is 11.3. The minimum absolute atomic E-state index is 0.000807. The van der Waals surface area contributed by atoms with E-state index < -0.39 is 0 Å². The molecule has 2 aromatic rings. The van der Waals surface area contributed by atoms with E-state index in [-0.39, 0.29) is 24.4 Å². The van der Waals surface area contributed by atoms with Gasteiger partial charge in [0.15, 0.2) is 0 Å². The van der Waals surface area contributed by atoms with Crippen molar-refractivity contribution in [3.05, 3.63) is 57.2 Å². The van der Waals surface area contributed by atoms with Gasteiger partial charge in [-0.15, -0.1) is 11.3 Å². The van der Waals surface area contributed by atoms with Crippen LogP contribution >= 0.6 is 22.9 Å². The molecule has 0 bridgehead atoms. The minimum atomic E-state index is -0.291. The maximum absolute atomic E-state index is 13.5. The topological polar surface area (TPSA) is 65.5 Å². The van der Waals surface area contributed by atoms with Crippen molar-refractivity contribution in [3.8, 4) is 0 Å². The molecule has 1 atom stereocenters. The standard InChI is InChI=1S/C24H29ClN4O3S/c1-2-23(30)28(10-9-27-11-13-32-14-12-27)17-24(31)29-21(18-6-3-4-7-19(18)25)16-20(26-29)22-8-5-15-33-22/h3-8,15,21H,2,9-14,16-17H2,1H3/t21-/m0/s1. The Bertz CT molecular complexity index is 991. The molecule has 1 saturated heterocycles. The molecule has 1 aromatic carbocycles. The van der Waals surface area contributed by atoms with Gasteiger partial charge in [0.05, 0.1) is 29.8 Å². The Kier molecular flexibility index (Phi) is 8.14. The van der Waals surface area contributed by atoms with Crippen molar-refractivity contribution in [3.63, 3.8) is 0 Å². The van der Waals surface area contributed by atoms with Gasteiger partial charge < -0.3 is 9.64 Å². The van der Waals surface area contributed by atoms with Gasteiger partial charge in [-0.1, -0.05) is 42.8 Å². The molecule has 0 N–H and O–H groups in total. The van der Waals surface area contributed by atoms with Crippen LogP contribution in [0.25, 0.3) is 0 Å². The van der Waals surface area contributed by atoms with Gasteiger partial charge in [-0.25, -0.2) is 5.01 Å². The second-order valence-corrected chi connectivity index (χ2v) is 9.48. The highest BCUT2D eigenvalue weighted by Crippen LogP contribution is 2.37. The number of thiophene rings is 1. The van der Waals surface area contributed by atoms with E-state index in [0.29, 0.717) is 37.6 Å². The number of ether oxygens (including phenoxy) is 1. The number of morpholine rings is 1. The smallest absolute Gasteiger partial charge is 0.262 e. The van der Waals surface area contributed by atoms with Crippen molar-refractivity contribution < 1.29 is 14.3 Å². The molecule has 1 fully saturated rings. The molecule has 9 heteroatoms. The number of hydrogen-bond donors (Lipinski definition) is 0. The Morgan fingerprint density at radius 1 is 1.21 bits per heavy atom. The lowest BCUT2D eigenvalue weighted by atomic mass is 10.0. The lowest BCUT2D eigenvalue weighted by molar-refractivity contribution is -0.141. The van der Waals surface area contributed by atoms with E-state index in [1.54, 1.807) is 16.2 Å². The largest absolute Gasteiger partial charge is 0.379 e. The first kappa shape index (κ1) is 23.9. The second-order valence-electron chi connectivity index (χ2n) is 8.13. The number of carbonyl (C=O) groups is 2. The molecule has 0 radical (unpaired) electrons. The third-order valence-electron chi connectivity index (χ3n) is 6.01. The third-order valence-corrected chi connectivity index (χ3v) is 7.27. The van der Waals surface area contributed by atoms with E-state index in [2.05, 4.69) is 4.90 Å². The van der Waals surface area contributed by atoms with E-state index in [4.69, 9.17) is 21.4 Å². The molecule has 176 valence electrons. The SMILES string of the molecule is CCC(=O)N(CCN1CCOCC1)CC(=O)N1N=C(c2cccs2)C[C@H]1c1ccccc1Cl. The van der Waals surface area contributed by atoms with Crippen LogP contribution in [0.15, 0.2) is 46.9 Å². The summed E-state index contributed by atoms with van der Waals surface area (Å²) < 4.78 is 5.40. The lowest BCUT2D eigenvalue weighted by Gasteiger charge is -2.31. The third kappa shape index (κ3) is 5.81. The van der Waals surface area contributed by atoms with Crippen LogP contribution in [0.2, 0.25) is 5.02 Å². The number of nitrogens with zero attached hydrogens (tertiary/aromatic N) is 4. The van der Waals surface area contributed by atoms with Crippen LogP contribution in [-0.2, 0) is 14.3 Å². The number of amides is 2. The molecule has 4 rings (SSSR count). The highest BCUT2D eigenvalue weighted by Gasteiger charge is 2.35. The first-order valence-corrected chi connectivity index (χ1v) is 12.6. The first-order valence-electron chi connectivity index (χ1n) is 11.3. The number of benzene rings is 1. The van der Waals surface area contributed by atoms with E-state index in [0.717, 1.165) is 35.8 Å². The molecular formula is C24H29ClN4O3S. The average molecular weight is 489 g/mol. The van der Waals surface area contributed by atoms with Crippen molar-refractivity contribution in [2.45, 2.75) is 25.8 Å². The fourth-order valence-corrected chi connectivity index (χ4v) is 5.14. The molecule has 0 aliphatic carbocycles. The summed E-state index contributed by atoms with van der Waals surface area (Å²) in [6.45, 7) is 6.14. The van der Waals surface area contributed by atoms with Gasteiger partial charge >= 0.3 is 0 Å². The second kappa shape index (κ2) is 11.2. The highest BCUT2D eigenvalue weighted by molar-refractivity contribution is 7.12. The molecule has 3 heterocycles. The van der Waals surface area contributed by atoms with Gasteiger partial charge in [0.2, 0.25) is 5.91 Å². The zero-order valence-corrected chi connectivity index (χ0v) is 20.4. The number of hydrogen-bond acceptors (Lipinski definition) is 6. The van der Waals surface area contributed by atoms with E-state index in [1.807, 2.05) is 48.7 Å². The summed E-state index contributed by atoms with van der Waals surface area (Å²) in [4.78, 5) is 31.1. The quantitative estimate of drug-likeness (QED) is 0.569. The molecule has 0 spiro atoms. The summed E-state index contributed by atoms with van der Waals surface area (Å²) >= 11 is 8.09. The van der Waals surface area contributed by atoms with Gasteiger partial charge in [0, 0.05) is 44.0 Å². The normalized spacial score (nSPS) is 18.9. The van der Waals surface area contributed by atoms with E-state index >= 15 is 0 Å². The number of halogens is 1. The Balaban J connectivity index is 1.52. The molecular weight excluding hydrogens is 460 g/mol. The summed E-state index contributed by atoms with van der Waals surface area (Å²) in [7, 11) is 0. The summed E-state index contributed by atoms with van der Waals surface area (Å²) in [5.74, 6) is -0.234. The summed E-state index contributed by atoms with van der Waals surface area (Å²) in [5, 5.41) is 8.84. The van der Waals surface area contributed by atoms with Gasteiger partial charge in [-0.3, -0.25) is 14.5 Å². The Hall–Kier alpha value is -2.26. The van der Waals surface area contributed by atoms with Crippen LogP contribution in [0, 0.1) is 0 Å². The summed E-state index contributed by atoms with van der Waals surface area (Å²) in [6.07, 6.45) is 0.944. The fraction of sp³-hybridized carbons (Fsp3) is 0.458.